The highest BCUT2D eigenvalue weighted by molar-refractivity contribution is 6.20. The van der Waals surface area contributed by atoms with E-state index in [1.807, 2.05) is 37.3 Å². The summed E-state index contributed by atoms with van der Waals surface area (Å²) in [7, 11) is 1.67. The van der Waals surface area contributed by atoms with E-state index in [4.69, 9.17) is 21.3 Å². The molecule has 21 heavy (non-hydrogen) atoms. The number of para-hydroxylation sites is 3. The fourth-order valence-electron chi connectivity index (χ4n) is 2.59. The molecule has 0 aliphatic carbocycles. The van der Waals surface area contributed by atoms with E-state index in [0.29, 0.717) is 0 Å². The van der Waals surface area contributed by atoms with Gasteiger partial charge in [-0.3, -0.25) is 4.57 Å². The largest absolute Gasteiger partial charge is 0.495 e. The van der Waals surface area contributed by atoms with Crippen LogP contribution < -0.4 is 4.74 Å². The molecule has 0 spiro atoms. The fourth-order valence-corrected chi connectivity index (χ4v) is 2.74. The molecule has 1 unspecified atom stereocenters. The first-order valence-electron chi connectivity index (χ1n) is 6.89. The Labute approximate surface area is 129 Å². The second-order valence-electron chi connectivity index (χ2n) is 5.04. The van der Waals surface area contributed by atoms with Crippen LogP contribution in [0.25, 0.3) is 16.7 Å². The van der Waals surface area contributed by atoms with Gasteiger partial charge in [-0.2, -0.15) is 0 Å². The number of aryl methyl sites for hydroxylation is 1. The topological polar surface area (TPSA) is 27.1 Å². The lowest BCUT2D eigenvalue weighted by atomic mass is 10.2. The van der Waals surface area contributed by atoms with E-state index in [1.165, 1.54) is 0 Å². The Balaban J connectivity index is 2.40. The van der Waals surface area contributed by atoms with Gasteiger partial charge in [-0.1, -0.05) is 24.3 Å². The molecule has 1 aromatic heterocycles. The quantitative estimate of drug-likeness (QED) is 0.659. The molecule has 3 aromatic rings. The highest BCUT2D eigenvalue weighted by Gasteiger charge is 2.19. The standard InChI is InChI=1S/C17H17ClN2O/c1-11-7-6-9-14-16(11)19-17(12(2)18)20(14)13-8-4-5-10-15(13)21-3/h4-10,12H,1-3H3. The molecule has 2 aromatic carbocycles. The van der Waals surface area contributed by atoms with Crippen LogP contribution in [-0.4, -0.2) is 16.7 Å². The second-order valence-corrected chi connectivity index (χ2v) is 5.69. The van der Waals surface area contributed by atoms with Gasteiger partial charge in [0, 0.05) is 0 Å². The number of methoxy groups -OCH3 is 1. The molecule has 0 saturated heterocycles. The van der Waals surface area contributed by atoms with Gasteiger partial charge in [0.1, 0.15) is 11.6 Å². The number of hydrogen-bond acceptors (Lipinski definition) is 2. The number of nitrogens with zero attached hydrogens (tertiary/aromatic N) is 2. The maximum Gasteiger partial charge on any atom is 0.142 e. The molecule has 1 atom stereocenters. The maximum atomic E-state index is 6.35. The second kappa shape index (κ2) is 5.41. The molecular formula is C17H17ClN2O. The maximum absolute atomic E-state index is 6.35. The van der Waals surface area contributed by atoms with Gasteiger partial charge in [0.15, 0.2) is 0 Å². The lowest BCUT2D eigenvalue weighted by molar-refractivity contribution is 0.413. The minimum Gasteiger partial charge on any atom is -0.495 e. The molecule has 108 valence electrons. The molecule has 0 saturated carbocycles. The van der Waals surface area contributed by atoms with Crippen molar-refractivity contribution in [3.05, 3.63) is 53.9 Å². The number of ether oxygens (including phenoxy) is 1. The predicted molar refractivity (Wildman–Crippen MR) is 86.6 cm³/mol. The molecule has 0 aliphatic heterocycles. The smallest absolute Gasteiger partial charge is 0.142 e. The van der Waals surface area contributed by atoms with E-state index >= 15 is 0 Å². The minimum atomic E-state index is -0.193. The number of alkyl halides is 1. The van der Waals surface area contributed by atoms with E-state index < -0.39 is 0 Å². The predicted octanol–water partition coefficient (Wildman–Crippen LogP) is 4.64. The Morgan fingerprint density at radius 3 is 2.62 bits per heavy atom. The van der Waals surface area contributed by atoms with Gasteiger partial charge in [0.05, 0.1) is 29.2 Å². The van der Waals surface area contributed by atoms with E-state index in [2.05, 4.69) is 23.6 Å². The van der Waals surface area contributed by atoms with Crippen LogP contribution in [0.5, 0.6) is 5.75 Å². The average molecular weight is 301 g/mol. The zero-order valence-corrected chi connectivity index (χ0v) is 13.1. The van der Waals surface area contributed by atoms with E-state index in [0.717, 1.165) is 33.9 Å². The zero-order valence-electron chi connectivity index (χ0n) is 12.3. The van der Waals surface area contributed by atoms with Crippen LogP contribution in [-0.2, 0) is 0 Å². The van der Waals surface area contributed by atoms with Gasteiger partial charge in [-0.05, 0) is 37.6 Å². The van der Waals surface area contributed by atoms with Crippen LogP contribution in [0.4, 0.5) is 0 Å². The minimum absolute atomic E-state index is 0.193. The Kier molecular flexibility index (Phi) is 3.60. The SMILES string of the molecule is COc1ccccc1-n1c(C(C)Cl)nc2c(C)cccc21. The number of fused-ring (bicyclic) bond motifs is 1. The third kappa shape index (κ3) is 2.28. The number of rotatable bonds is 3. The van der Waals surface area contributed by atoms with E-state index in [1.54, 1.807) is 7.11 Å². The zero-order chi connectivity index (χ0) is 15.0. The first-order chi connectivity index (χ1) is 10.1. The van der Waals surface area contributed by atoms with Crippen LogP contribution >= 0.6 is 11.6 Å². The summed E-state index contributed by atoms with van der Waals surface area (Å²) in [4.78, 5) is 4.74. The fraction of sp³-hybridized carbons (Fsp3) is 0.235. The number of benzene rings is 2. The number of halogens is 1. The number of hydrogen-bond donors (Lipinski definition) is 0. The molecule has 0 bridgehead atoms. The van der Waals surface area contributed by atoms with Crippen LogP contribution in [0, 0.1) is 6.92 Å². The average Bonchev–Trinajstić information content (AvgIpc) is 2.88. The van der Waals surface area contributed by atoms with Gasteiger partial charge in [0.25, 0.3) is 0 Å². The van der Waals surface area contributed by atoms with Crippen molar-refractivity contribution in [1.82, 2.24) is 9.55 Å². The lowest BCUT2D eigenvalue weighted by Crippen LogP contribution is -2.03. The van der Waals surface area contributed by atoms with Crippen LogP contribution in [0.2, 0.25) is 0 Å². The third-order valence-electron chi connectivity index (χ3n) is 3.59. The molecule has 3 nitrogen and oxygen atoms in total. The van der Waals surface area contributed by atoms with Crippen LogP contribution in [0.3, 0.4) is 0 Å². The Morgan fingerprint density at radius 2 is 1.90 bits per heavy atom. The third-order valence-corrected chi connectivity index (χ3v) is 3.79. The summed E-state index contributed by atoms with van der Waals surface area (Å²) in [6.45, 7) is 3.99. The first kappa shape index (κ1) is 14.0. The van der Waals surface area contributed by atoms with Gasteiger partial charge in [-0.15, -0.1) is 11.6 Å². The van der Waals surface area contributed by atoms with Crippen molar-refractivity contribution < 1.29 is 4.74 Å². The summed E-state index contributed by atoms with van der Waals surface area (Å²) in [5.74, 6) is 1.63. The summed E-state index contributed by atoms with van der Waals surface area (Å²) in [5, 5.41) is -0.193. The van der Waals surface area contributed by atoms with Gasteiger partial charge in [-0.25, -0.2) is 4.98 Å². The molecule has 3 rings (SSSR count). The molecule has 0 fully saturated rings. The first-order valence-corrected chi connectivity index (χ1v) is 7.32. The summed E-state index contributed by atoms with van der Waals surface area (Å²) in [6, 6.07) is 14.1. The van der Waals surface area contributed by atoms with Crippen molar-refractivity contribution in [1.29, 1.82) is 0 Å². The number of aromatic nitrogens is 2. The lowest BCUT2D eigenvalue weighted by Gasteiger charge is -2.14. The normalized spacial score (nSPS) is 12.6. The summed E-state index contributed by atoms with van der Waals surface area (Å²) >= 11 is 6.35. The van der Waals surface area contributed by atoms with Gasteiger partial charge < -0.3 is 4.74 Å². The van der Waals surface area contributed by atoms with E-state index in [-0.39, 0.29) is 5.38 Å². The van der Waals surface area contributed by atoms with Gasteiger partial charge >= 0.3 is 0 Å². The molecular weight excluding hydrogens is 284 g/mol. The summed E-state index contributed by atoms with van der Waals surface area (Å²) in [5.41, 5.74) is 4.11. The van der Waals surface area contributed by atoms with Gasteiger partial charge in [0.2, 0.25) is 0 Å². The highest BCUT2D eigenvalue weighted by Crippen LogP contribution is 2.33. The Hall–Kier alpha value is -2.00. The van der Waals surface area contributed by atoms with Crippen molar-refractivity contribution in [2.45, 2.75) is 19.2 Å². The van der Waals surface area contributed by atoms with Crippen molar-refractivity contribution in [3.8, 4) is 11.4 Å². The van der Waals surface area contributed by atoms with Crippen molar-refractivity contribution in [3.63, 3.8) is 0 Å². The number of imidazole rings is 1. The monoisotopic (exact) mass is 300 g/mol. The Bertz CT molecular complexity index is 793. The summed E-state index contributed by atoms with van der Waals surface area (Å²) < 4.78 is 7.57. The molecule has 0 amide bonds. The Morgan fingerprint density at radius 1 is 1.14 bits per heavy atom. The summed E-state index contributed by atoms with van der Waals surface area (Å²) in [6.07, 6.45) is 0. The molecule has 0 N–H and O–H groups in total. The van der Waals surface area contributed by atoms with Crippen LogP contribution in [0.15, 0.2) is 42.5 Å². The van der Waals surface area contributed by atoms with Crippen LogP contribution in [0.1, 0.15) is 23.7 Å². The molecule has 1 heterocycles. The van der Waals surface area contributed by atoms with Crippen molar-refractivity contribution in [2.75, 3.05) is 7.11 Å². The van der Waals surface area contributed by atoms with Crippen molar-refractivity contribution in [2.24, 2.45) is 0 Å². The molecule has 4 heteroatoms. The highest BCUT2D eigenvalue weighted by atomic mass is 35.5. The van der Waals surface area contributed by atoms with E-state index in [9.17, 15) is 0 Å². The molecule has 0 aliphatic rings. The van der Waals surface area contributed by atoms with Crippen molar-refractivity contribution >= 4 is 22.6 Å². The molecule has 0 radical (unpaired) electrons.